The average molecular weight is 494 g/mol. The summed E-state index contributed by atoms with van der Waals surface area (Å²) in [6.45, 7) is 2.66. The van der Waals surface area contributed by atoms with Crippen LogP contribution < -0.4 is 15.4 Å². The molecule has 3 aromatic rings. The Hall–Kier alpha value is -3.37. The Kier molecular flexibility index (Phi) is 7.01. The Bertz CT molecular complexity index is 1250. The third kappa shape index (κ3) is 5.66. The molecule has 4 heterocycles. The Balaban J connectivity index is 1.10. The van der Waals surface area contributed by atoms with E-state index in [2.05, 4.69) is 43.7 Å². The molecule has 2 aliphatic heterocycles. The maximum absolute atomic E-state index is 12.6. The van der Waals surface area contributed by atoms with Gasteiger partial charge in [0.15, 0.2) is 0 Å². The van der Waals surface area contributed by atoms with Crippen molar-refractivity contribution in [3.8, 4) is 5.88 Å². The molecule has 2 N–H and O–H groups in total. The zero-order chi connectivity index (χ0) is 24.2. The molecule has 1 saturated heterocycles. The van der Waals surface area contributed by atoms with Crippen molar-refractivity contribution in [2.75, 3.05) is 43.1 Å². The number of rotatable bonds is 6. The Labute approximate surface area is 207 Å². The average Bonchev–Trinajstić information content (AvgIpc) is 2.88. The van der Waals surface area contributed by atoms with Crippen molar-refractivity contribution in [2.24, 2.45) is 0 Å². The topological polar surface area (TPSA) is 106 Å². The predicted molar refractivity (Wildman–Crippen MR) is 135 cm³/mol. The number of carbonyl (C=O) groups excluding carboxylic acids is 2. The molecule has 9 nitrogen and oxygen atoms in total. The van der Waals surface area contributed by atoms with Crippen LogP contribution in [-0.4, -0.2) is 65.5 Å². The van der Waals surface area contributed by atoms with E-state index in [4.69, 9.17) is 9.47 Å². The number of likely N-dealkylation sites (tertiary alicyclic amines) is 1. The molecule has 5 rings (SSSR count). The van der Waals surface area contributed by atoms with Gasteiger partial charge in [0, 0.05) is 36.8 Å². The highest BCUT2D eigenvalue weighted by atomic mass is 32.2. The summed E-state index contributed by atoms with van der Waals surface area (Å²) in [5.41, 5.74) is 3.88. The van der Waals surface area contributed by atoms with Crippen molar-refractivity contribution in [3.05, 3.63) is 48.2 Å². The Morgan fingerprint density at radius 1 is 1.23 bits per heavy atom. The molecule has 35 heavy (non-hydrogen) atoms. The van der Waals surface area contributed by atoms with E-state index >= 15 is 0 Å². The number of ether oxygens (including phenoxy) is 2. The van der Waals surface area contributed by atoms with E-state index in [1.807, 2.05) is 0 Å². The molecular formula is C25H27N5O4S. The summed E-state index contributed by atoms with van der Waals surface area (Å²) in [5, 5.41) is 5.76. The lowest BCUT2D eigenvalue weighted by molar-refractivity contribution is -0.113. The van der Waals surface area contributed by atoms with Crippen LogP contribution in [0.1, 0.15) is 18.4 Å². The lowest BCUT2D eigenvalue weighted by atomic mass is 10.1. The number of aromatic nitrogens is 2. The molecule has 10 heteroatoms. The minimum atomic E-state index is -0.491. The van der Waals surface area contributed by atoms with Crippen molar-refractivity contribution < 1.29 is 19.1 Å². The lowest BCUT2D eigenvalue weighted by Crippen LogP contribution is -2.39. The van der Waals surface area contributed by atoms with Crippen molar-refractivity contribution >= 4 is 46.2 Å². The molecule has 0 radical (unpaired) electrons. The number of hydrogen-bond donors (Lipinski definition) is 2. The number of carbonyl (C=O) groups is 2. The molecular weight excluding hydrogens is 466 g/mol. The standard InChI is InChI=1S/C25H27N5O4S/c1-33-23-5-3-18-24(29-23)19(6-10-26-18)28-25(32)34-17-8-12-30(13-9-17)11-7-16-2-4-21-20(14-16)27-22(31)15-35-21/h2-6,10,14,17H,7-9,11-13,15H2,1H3,(H,27,31)(H,26,28,32). The van der Waals surface area contributed by atoms with Crippen molar-refractivity contribution in [1.82, 2.24) is 14.9 Å². The third-order valence-corrected chi connectivity index (χ3v) is 7.28. The number of amides is 2. The van der Waals surface area contributed by atoms with Gasteiger partial charge in [-0.25, -0.2) is 9.78 Å². The van der Waals surface area contributed by atoms with Gasteiger partial charge in [0.1, 0.15) is 11.6 Å². The van der Waals surface area contributed by atoms with Crippen LogP contribution in [0, 0.1) is 0 Å². The van der Waals surface area contributed by atoms with Crippen LogP contribution in [0.2, 0.25) is 0 Å². The van der Waals surface area contributed by atoms with Gasteiger partial charge in [-0.3, -0.25) is 15.1 Å². The fraction of sp³-hybridized carbons (Fsp3) is 0.360. The molecule has 0 atom stereocenters. The van der Waals surface area contributed by atoms with E-state index in [0.29, 0.717) is 28.4 Å². The summed E-state index contributed by atoms with van der Waals surface area (Å²) >= 11 is 1.58. The highest BCUT2D eigenvalue weighted by molar-refractivity contribution is 8.00. The fourth-order valence-corrected chi connectivity index (χ4v) is 5.12. The first-order valence-electron chi connectivity index (χ1n) is 11.6. The molecule has 2 aliphatic rings. The number of thioether (sulfide) groups is 1. The smallest absolute Gasteiger partial charge is 0.411 e. The van der Waals surface area contributed by atoms with Crippen LogP contribution in [-0.2, 0) is 16.0 Å². The molecule has 2 amide bonds. The van der Waals surface area contributed by atoms with E-state index in [1.54, 1.807) is 43.3 Å². The lowest BCUT2D eigenvalue weighted by Gasteiger charge is -2.31. The maximum atomic E-state index is 12.6. The number of pyridine rings is 2. The van der Waals surface area contributed by atoms with Gasteiger partial charge < -0.3 is 19.7 Å². The van der Waals surface area contributed by atoms with E-state index in [-0.39, 0.29) is 12.0 Å². The van der Waals surface area contributed by atoms with E-state index in [0.717, 1.165) is 49.5 Å². The quantitative estimate of drug-likeness (QED) is 0.532. The van der Waals surface area contributed by atoms with Gasteiger partial charge in [-0.2, -0.15) is 0 Å². The van der Waals surface area contributed by atoms with Gasteiger partial charge in [-0.05, 0) is 49.1 Å². The minimum absolute atomic E-state index is 0.0545. The first kappa shape index (κ1) is 23.4. The summed E-state index contributed by atoms with van der Waals surface area (Å²) < 4.78 is 10.9. The second-order valence-electron chi connectivity index (χ2n) is 8.57. The molecule has 182 valence electrons. The van der Waals surface area contributed by atoms with Crippen molar-refractivity contribution in [2.45, 2.75) is 30.3 Å². The zero-order valence-corrected chi connectivity index (χ0v) is 20.3. The first-order valence-corrected chi connectivity index (χ1v) is 12.6. The molecule has 1 aromatic carbocycles. The van der Waals surface area contributed by atoms with Gasteiger partial charge in [-0.1, -0.05) is 6.07 Å². The van der Waals surface area contributed by atoms with Crippen molar-refractivity contribution in [1.29, 1.82) is 0 Å². The largest absolute Gasteiger partial charge is 0.481 e. The van der Waals surface area contributed by atoms with Crippen LogP contribution in [0.5, 0.6) is 5.88 Å². The predicted octanol–water partition coefficient (Wildman–Crippen LogP) is 3.94. The number of nitrogens with zero attached hydrogens (tertiary/aromatic N) is 3. The normalized spacial score (nSPS) is 16.4. The number of nitrogens with one attached hydrogen (secondary N) is 2. The molecule has 2 aromatic heterocycles. The molecule has 1 fully saturated rings. The summed E-state index contributed by atoms with van der Waals surface area (Å²) in [4.78, 5) is 36.4. The highest BCUT2D eigenvalue weighted by Crippen LogP contribution is 2.32. The minimum Gasteiger partial charge on any atom is -0.481 e. The number of benzene rings is 1. The number of fused-ring (bicyclic) bond motifs is 2. The van der Waals surface area contributed by atoms with E-state index < -0.39 is 6.09 Å². The Morgan fingerprint density at radius 3 is 2.91 bits per heavy atom. The van der Waals surface area contributed by atoms with Crippen LogP contribution in [0.15, 0.2) is 47.5 Å². The molecule has 0 spiro atoms. The molecule has 0 aliphatic carbocycles. The van der Waals surface area contributed by atoms with Gasteiger partial charge in [0.05, 0.1) is 29.8 Å². The second-order valence-corrected chi connectivity index (χ2v) is 9.59. The summed E-state index contributed by atoms with van der Waals surface area (Å²) in [7, 11) is 1.55. The second kappa shape index (κ2) is 10.5. The molecule has 0 unspecified atom stereocenters. The summed E-state index contributed by atoms with van der Waals surface area (Å²) in [5.74, 6) is 0.985. The van der Waals surface area contributed by atoms with Crippen LogP contribution >= 0.6 is 11.8 Å². The molecule has 0 saturated carbocycles. The summed E-state index contributed by atoms with van der Waals surface area (Å²) in [6.07, 6.45) is 3.49. The van der Waals surface area contributed by atoms with Gasteiger partial charge in [0.25, 0.3) is 0 Å². The molecule has 0 bridgehead atoms. The number of methoxy groups -OCH3 is 1. The van der Waals surface area contributed by atoms with E-state index in [9.17, 15) is 9.59 Å². The SMILES string of the molecule is COc1ccc2nccc(NC(=O)OC3CCN(CCc4ccc5c(c4)NC(=O)CS5)CC3)c2n1. The highest BCUT2D eigenvalue weighted by Gasteiger charge is 2.23. The zero-order valence-electron chi connectivity index (χ0n) is 19.5. The fourth-order valence-electron chi connectivity index (χ4n) is 4.34. The monoisotopic (exact) mass is 493 g/mol. The van der Waals surface area contributed by atoms with Crippen LogP contribution in [0.3, 0.4) is 0 Å². The maximum Gasteiger partial charge on any atom is 0.411 e. The number of hydrogen-bond acceptors (Lipinski definition) is 8. The van der Waals surface area contributed by atoms with Crippen LogP contribution in [0.25, 0.3) is 11.0 Å². The Morgan fingerprint density at radius 2 is 2.09 bits per heavy atom. The number of piperidine rings is 1. The van der Waals surface area contributed by atoms with Crippen molar-refractivity contribution in [3.63, 3.8) is 0 Å². The van der Waals surface area contributed by atoms with Gasteiger partial charge in [-0.15, -0.1) is 11.8 Å². The van der Waals surface area contributed by atoms with E-state index in [1.165, 1.54) is 5.56 Å². The van der Waals surface area contributed by atoms with Gasteiger partial charge >= 0.3 is 6.09 Å². The van der Waals surface area contributed by atoms with Gasteiger partial charge in [0.2, 0.25) is 11.8 Å². The van der Waals surface area contributed by atoms with Crippen LogP contribution in [0.4, 0.5) is 16.2 Å². The number of anilines is 2. The summed E-state index contributed by atoms with van der Waals surface area (Å²) in [6, 6.07) is 11.5. The first-order chi connectivity index (χ1) is 17.1. The third-order valence-electron chi connectivity index (χ3n) is 6.21.